The molecule has 5 nitrogen and oxygen atoms in total. The van der Waals surface area contributed by atoms with Crippen LogP contribution >= 0.6 is 0 Å². The Morgan fingerprint density at radius 2 is 2.18 bits per heavy atom. The SMILES string of the molecule is COc1cccc(NC(=O)C2(CCO)CC23CCOCC3)c1. The molecular formula is C17H23NO4. The zero-order valence-corrected chi connectivity index (χ0v) is 12.9. The smallest absolute Gasteiger partial charge is 0.231 e. The molecule has 1 aliphatic carbocycles. The van der Waals surface area contributed by atoms with E-state index in [0.29, 0.717) is 25.4 Å². The molecule has 1 spiro atoms. The number of aliphatic hydroxyl groups excluding tert-OH is 1. The van der Waals surface area contributed by atoms with Crippen LogP contribution in [0.3, 0.4) is 0 Å². The summed E-state index contributed by atoms with van der Waals surface area (Å²) >= 11 is 0. The van der Waals surface area contributed by atoms with Gasteiger partial charge in [-0.05, 0) is 43.2 Å². The number of amides is 1. The lowest BCUT2D eigenvalue weighted by atomic mass is 9.83. The molecule has 2 fully saturated rings. The van der Waals surface area contributed by atoms with Gasteiger partial charge in [0.15, 0.2) is 0 Å². The number of methoxy groups -OCH3 is 1. The number of ether oxygens (including phenoxy) is 2. The number of carbonyl (C=O) groups is 1. The van der Waals surface area contributed by atoms with Crippen molar-refractivity contribution in [2.24, 2.45) is 10.8 Å². The van der Waals surface area contributed by atoms with Gasteiger partial charge in [-0.2, -0.15) is 0 Å². The fourth-order valence-corrected chi connectivity index (χ4v) is 3.88. The molecule has 2 aliphatic rings. The van der Waals surface area contributed by atoms with Crippen molar-refractivity contribution in [2.75, 3.05) is 32.2 Å². The molecule has 1 saturated heterocycles. The van der Waals surface area contributed by atoms with E-state index in [2.05, 4.69) is 5.32 Å². The van der Waals surface area contributed by atoms with Gasteiger partial charge in [-0.25, -0.2) is 0 Å². The molecule has 1 aliphatic heterocycles. The van der Waals surface area contributed by atoms with Gasteiger partial charge in [-0.15, -0.1) is 0 Å². The normalized spacial score (nSPS) is 25.7. The van der Waals surface area contributed by atoms with Gasteiger partial charge in [0.2, 0.25) is 5.91 Å². The van der Waals surface area contributed by atoms with Crippen molar-refractivity contribution in [3.05, 3.63) is 24.3 Å². The van der Waals surface area contributed by atoms with Crippen molar-refractivity contribution in [2.45, 2.75) is 25.7 Å². The van der Waals surface area contributed by atoms with E-state index >= 15 is 0 Å². The minimum Gasteiger partial charge on any atom is -0.497 e. The summed E-state index contributed by atoms with van der Waals surface area (Å²) in [5, 5.41) is 12.4. The van der Waals surface area contributed by atoms with Gasteiger partial charge < -0.3 is 19.9 Å². The first kappa shape index (κ1) is 15.3. The Labute approximate surface area is 130 Å². The Morgan fingerprint density at radius 1 is 1.41 bits per heavy atom. The first-order valence-corrected chi connectivity index (χ1v) is 7.80. The van der Waals surface area contributed by atoms with Crippen LogP contribution in [0, 0.1) is 10.8 Å². The lowest BCUT2D eigenvalue weighted by molar-refractivity contribution is -0.124. The van der Waals surface area contributed by atoms with Crippen molar-refractivity contribution >= 4 is 11.6 Å². The number of aliphatic hydroxyl groups is 1. The number of benzene rings is 1. The third-order valence-electron chi connectivity index (χ3n) is 5.28. The summed E-state index contributed by atoms with van der Waals surface area (Å²) in [7, 11) is 1.60. The number of hydrogen-bond acceptors (Lipinski definition) is 4. The lowest BCUT2D eigenvalue weighted by Gasteiger charge is -2.28. The van der Waals surface area contributed by atoms with E-state index in [0.717, 1.165) is 24.9 Å². The van der Waals surface area contributed by atoms with Crippen LogP contribution in [0.15, 0.2) is 24.3 Å². The fourth-order valence-electron chi connectivity index (χ4n) is 3.88. The molecule has 0 radical (unpaired) electrons. The van der Waals surface area contributed by atoms with E-state index in [1.54, 1.807) is 7.11 Å². The summed E-state index contributed by atoms with van der Waals surface area (Å²) in [5.41, 5.74) is 0.293. The molecule has 5 heteroatoms. The molecule has 22 heavy (non-hydrogen) atoms. The minimum absolute atomic E-state index is 0.0108. The molecule has 0 bridgehead atoms. The van der Waals surface area contributed by atoms with Gasteiger partial charge >= 0.3 is 0 Å². The number of hydrogen-bond donors (Lipinski definition) is 2. The van der Waals surface area contributed by atoms with Crippen LogP contribution in [-0.4, -0.2) is 37.9 Å². The summed E-state index contributed by atoms with van der Waals surface area (Å²) in [6, 6.07) is 7.36. The molecule has 1 aromatic carbocycles. The van der Waals surface area contributed by atoms with E-state index in [1.165, 1.54) is 0 Å². The maximum absolute atomic E-state index is 12.9. The zero-order chi connectivity index (χ0) is 15.6. The van der Waals surface area contributed by atoms with Gasteiger partial charge in [-0.1, -0.05) is 6.07 Å². The summed E-state index contributed by atoms with van der Waals surface area (Å²) in [5.74, 6) is 0.724. The maximum Gasteiger partial charge on any atom is 0.231 e. The fraction of sp³-hybridized carbons (Fsp3) is 0.588. The van der Waals surface area contributed by atoms with Crippen LogP contribution in [0.1, 0.15) is 25.7 Å². The van der Waals surface area contributed by atoms with Crippen LogP contribution in [0.5, 0.6) is 5.75 Å². The van der Waals surface area contributed by atoms with Crippen molar-refractivity contribution in [3.8, 4) is 5.75 Å². The largest absolute Gasteiger partial charge is 0.497 e. The molecule has 1 amide bonds. The second-order valence-corrected chi connectivity index (χ2v) is 6.31. The third-order valence-corrected chi connectivity index (χ3v) is 5.28. The summed E-state index contributed by atoms with van der Waals surface area (Å²) in [4.78, 5) is 12.9. The second kappa shape index (κ2) is 5.89. The quantitative estimate of drug-likeness (QED) is 0.875. The summed E-state index contributed by atoms with van der Waals surface area (Å²) < 4.78 is 10.6. The zero-order valence-electron chi connectivity index (χ0n) is 12.9. The Morgan fingerprint density at radius 3 is 2.86 bits per heavy atom. The highest BCUT2D eigenvalue weighted by Gasteiger charge is 2.70. The lowest BCUT2D eigenvalue weighted by Crippen LogP contribution is -2.33. The predicted molar refractivity (Wildman–Crippen MR) is 82.9 cm³/mol. The van der Waals surface area contributed by atoms with Crippen LogP contribution in [-0.2, 0) is 9.53 Å². The van der Waals surface area contributed by atoms with Crippen LogP contribution in [0.4, 0.5) is 5.69 Å². The van der Waals surface area contributed by atoms with Gasteiger partial charge in [0, 0.05) is 31.6 Å². The highest BCUT2D eigenvalue weighted by Crippen LogP contribution is 2.70. The first-order chi connectivity index (χ1) is 10.7. The molecular weight excluding hydrogens is 282 g/mol. The molecule has 1 atom stereocenters. The minimum atomic E-state index is -0.450. The number of rotatable bonds is 5. The summed E-state index contributed by atoms with van der Waals surface area (Å²) in [6.45, 7) is 1.45. The first-order valence-electron chi connectivity index (χ1n) is 7.80. The van der Waals surface area contributed by atoms with Crippen molar-refractivity contribution in [1.82, 2.24) is 0 Å². The monoisotopic (exact) mass is 305 g/mol. The van der Waals surface area contributed by atoms with E-state index in [4.69, 9.17) is 9.47 Å². The van der Waals surface area contributed by atoms with Crippen LogP contribution in [0.25, 0.3) is 0 Å². The summed E-state index contributed by atoms with van der Waals surface area (Å²) in [6.07, 6.45) is 3.17. The van der Waals surface area contributed by atoms with Crippen LogP contribution < -0.4 is 10.1 Å². The Kier molecular flexibility index (Phi) is 4.10. The number of carbonyl (C=O) groups excluding carboxylic acids is 1. The van der Waals surface area contributed by atoms with Gasteiger partial charge in [0.25, 0.3) is 0 Å². The van der Waals surface area contributed by atoms with Gasteiger partial charge in [-0.3, -0.25) is 4.79 Å². The molecule has 0 aromatic heterocycles. The third kappa shape index (κ3) is 2.48. The predicted octanol–water partition coefficient (Wildman–Crippen LogP) is 2.20. The molecule has 1 aromatic rings. The van der Waals surface area contributed by atoms with Gasteiger partial charge in [0.05, 0.1) is 12.5 Å². The molecule has 3 rings (SSSR count). The molecule has 1 unspecified atom stereocenters. The molecule has 1 heterocycles. The number of nitrogens with one attached hydrogen (secondary N) is 1. The Hall–Kier alpha value is -1.59. The highest BCUT2D eigenvalue weighted by molar-refractivity contribution is 5.98. The molecule has 120 valence electrons. The highest BCUT2D eigenvalue weighted by atomic mass is 16.5. The topological polar surface area (TPSA) is 67.8 Å². The Bertz CT molecular complexity index is 553. The molecule has 1 saturated carbocycles. The van der Waals surface area contributed by atoms with E-state index in [-0.39, 0.29) is 17.9 Å². The van der Waals surface area contributed by atoms with E-state index in [9.17, 15) is 9.90 Å². The van der Waals surface area contributed by atoms with Crippen molar-refractivity contribution in [3.63, 3.8) is 0 Å². The second-order valence-electron chi connectivity index (χ2n) is 6.31. The molecule has 2 N–H and O–H groups in total. The van der Waals surface area contributed by atoms with Crippen molar-refractivity contribution in [1.29, 1.82) is 0 Å². The van der Waals surface area contributed by atoms with Crippen molar-refractivity contribution < 1.29 is 19.4 Å². The Balaban J connectivity index is 1.76. The van der Waals surface area contributed by atoms with E-state index < -0.39 is 5.41 Å². The van der Waals surface area contributed by atoms with Gasteiger partial charge in [0.1, 0.15) is 5.75 Å². The standard InChI is InChI=1S/C17H23NO4/c1-21-14-4-2-3-13(11-14)18-15(20)17(5-8-19)12-16(17)6-9-22-10-7-16/h2-4,11,19H,5-10,12H2,1H3,(H,18,20). The average Bonchev–Trinajstić information content (AvgIpc) is 3.15. The number of anilines is 1. The average molecular weight is 305 g/mol. The van der Waals surface area contributed by atoms with Crippen LogP contribution in [0.2, 0.25) is 0 Å². The van der Waals surface area contributed by atoms with E-state index in [1.807, 2.05) is 24.3 Å². The maximum atomic E-state index is 12.9.